The number of carbonyl (C=O) groups is 2. The Bertz CT molecular complexity index is 442. The highest BCUT2D eigenvalue weighted by Crippen LogP contribution is 2.49. The van der Waals surface area contributed by atoms with Crippen molar-refractivity contribution in [2.45, 2.75) is 70.4 Å². The molecule has 3 rings (SSSR count). The number of nitrogens with zero attached hydrogens (tertiary/aromatic N) is 1. The van der Waals surface area contributed by atoms with Gasteiger partial charge in [0.1, 0.15) is 0 Å². The molecule has 3 aliphatic carbocycles. The van der Waals surface area contributed by atoms with Crippen LogP contribution in [0, 0.1) is 17.8 Å². The first kappa shape index (κ1) is 16.7. The lowest BCUT2D eigenvalue weighted by molar-refractivity contribution is -0.139. The molecule has 2 N–H and O–H groups in total. The average Bonchev–Trinajstić information content (AvgIpc) is 3.29. The minimum absolute atomic E-state index is 0.105. The Kier molecular flexibility index (Phi) is 5.24. The number of hydrogen-bond donors (Lipinski definition) is 2. The molecule has 0 radical (unpaired) electrons. The second kappa shape index (κ2) is 7.20. The summed E-state index contributed by atoms with van der Waals surface area (Å²) in [7, 11) is 0. The SMILES string of the molecule is CCN(CC(=O)O)C1CC(NC(=O)C2CC2C2CCCCC2)C1. The Morgan fingerprint density at radius 3 is 2.43 bits per heavy atom. The van der Waals surface area contributed by atoms with Crippen LogP contribution in [-0.2, 0) is 9.59 Å². The van der Waals surface area contributed by atoms with E-state index in [4.69, 9.17) is 5.11 Å². The van der Waals surface area contributed by atoms with E-state index in [1.807, 2.05) is 11.8 Å². The van der Waals surface area contributed by atoms with Crippen molar-refractivity contribution in [2.24, 2.45) is 17.8 Å². The zero-order valence-electron chi connectivity index (χ0n) is 14.2. The van der Waals surface area contributed by atoms with Gasteiger partial charge in [-0.3, -0.25) is 14.5 Å². The van der Waals surface area contributed by atoms with Crippen LogP contribution in [0.5, 0.6) is 0 Å². The van der Waals surface area contributed by atoms with Crippen LogP contribution in [0.1, 0.15) is 58.3 Å². The normalized spacial score (nSPS) is 34.0. The quantitative estimate of drug-likeness (QED) is 0.754. The second-order valence-electron chi connectivity index (χ2n) is 7.69. The summed E-state index contributed by atoms with van der Waals surface area (Å²) < 4.78 is 0. The molecule has 3 aliphatic rings. The monoisotopic (exact) mass is 322 g/mol. The minimum Gasteiger partial charge on any atom is -0.480 e. The lowest BCUT2D eigenvalue weighted by Crippen LogP contribution is -2.55. The van der Waals surface area contributed by atoms with E-state index in [9.17, 15) is 9.59 Å². The van der Waals surface area contributed by atoms with E-state index in [0.717, 1.165) is 31.7 Å². The summed E-state index contributed by atoms with van der Waals surface area (Å²) >= 11 is 0. The molecule has 3 saturated carbocycles. The molecule has 0 aromatic heterocycles. The van der Waals surface area contributed by atoms with Crippen molar-refractivity contribution in [3.8, 4) is 0 Å². The first-order chi connectivity index (χ1) is 11.1. The molecule has 0 aromatic rings. The van der Waals surface area contributed by atoms with Gasteiger partial charge >= 0.3 is 5.97 Å². The predicted octanol–water partition coefficient (Wildman–Crippen LogP) is 2.26. The topological polar surface area (TPSA) is 69.6 Å². The molecule has 0 aliphatic heterocycles. The summed E-state index contributed by atoms with van der Waals surface area (Å²) in [6.07, 6.45) is 9.58. The summed E-state index contributed by atoms with van der Waals surface area (Å²) in [5, 5.41) is 12.1. The van der Waals surface area contributed by atoms with Gasteiger partial charge in [0.05, 0.1) is 6.54 Å². The van der Waals surface area contributed by atoms with Gasteiger partial charge in [0.2, 0.25) is 5.91 Å². The van der Waals surface area contributed by atoms with Crippen molar-refractivity contribution in [3.05, 3.63) is 0 Å². The number of carboxylic acids is 1. The largest absolute Gasteiger partial charge is 0.480 e. The van der Waals surface area contributed by atoms with Crippen LogP contribution in [0.4, 0.5) is 0 Å². The van der Waals surface area contributed by atoms with E-state index in [1.165, 1.54) is 32.1 Å². The fourth-order valence-corrected chi connectivity index (χ4v) is 4.58. The molecule has 0 aromatic carbocycles. The van der Waals surface area contributed by atoms with Gasteiger partial charge in [0.25, 0.3) is 0 Å². The van der Waals surface area contributed by atoms with Crippen molar-refractivity contribution in [1.82, 2.24) is 10.2 Å². The van der Waals surface area contributed by atoms with Gasteiger partial charge in [-0.15, -0.1) is 0 Å². The van der Waals surface area contributed by atoms with Gasteiger partial charge in [-0.05, 0) is 37.6 Å². The van der Waals surface area contributed by atoms with E-state index in [1.54, 1.807) is 0 Å². The van der Waals surface area contributed by atoms with Crippen molar-refractivity contribution >= 4 is 11.9 Å². The summed E-state index contributed by atoms with van der Waals surface area (Å²) in [5.41, 5.74) is 0. The van der Waals surface area contributed by atoms with Crippen LogP contribution in [0.25, 0.3) is 0 Å². The van der Waals surface area contributed by atoms with Crippen LogP contribution >= 0.6 is 0 Å². The highest BCUT2D eigenvalue weighted by atomic mass is 16.4. The number of aliphatic carboxylic acids is 1. The molecule has 0 bridgehead atoms. The molecule has 23 heavy (non-hydrogen) atoms. The minimum atomic E-state index is -0.771. The summed E-state index contributed by atoms with van der Waals surface area (Å²) in [5.74, 6) is 1.18. The maximum absolute atomic E-state index is 12.4. The molecule has 1 amide bonds. The van der Waals surface area contributed by atoms with Gasteiger partial charge < -0.3 is 10.4 Å². The van der Waals surface area contributed by atoms with E-state index in [2.05, 4.69) is 5.32 Å². The zero-order valence-corrected chi connectivity index (χ0v) is 14.2. The van der Waals surface area contributed by atoms with Crippen LogP contribution in [0.2, 0.25) is 0 Å². The molecule has 3 fully saturated rings. The molecular weight excluding hydrogens is 292 g/mol. The Morgan fingerprint density at radius 2 is 1.83 bits per heavy atom. The second-order valence-corrected chi connectivity index (χ2v) is 7.69. The highest BCUT2D eigenvalue weighted by Gasteiger charge is 2.48. The third-order valence-corrected chi connectivity index (χ3v) is 6.15. The predicted molar refractivity (Wildman–Crippen MR) is 88.0 cm³/mol. The number of amides is 1. The Balaban J connectivity index is 1.37. The average molecular weight is 322 g/mol. The summed E-state index contributed by atoms with van der Waals surface area (Å²) in [6, 6.07) is 0.567. The van der Waals surface area contributed by atoms with Crippen LogP contribution < -0.4 is 5.32 Å². The van der Waals surface area contributed by atoms with Crippen molar-refractivity contribution < 1.29 is 14.7 Å². The molecule has 2 atom stereocenters. The molecule has 5 heteroatoms. The third kappa shape index (κ3) is 4.06. The van der Waals surface area contributed by atoms with Crippen LogP contribution in [-0.4, -0.2) is 47.1 Å². The van der Waals surface area contributed by atoms with Gasteiger partial charge in [-0.25, -0.2) is 0 Å². The lowest BCUT2D eigenvalue weighted by Gasteiger charge is -2.42. The number of likely N-dealkylation sites (N-methyl/N-ethyl adjacent to an activating group) is 1. The molecular formula is C18H30N2O3. The van der Waals surface area contributed by atoms with Crippen LogP contribution in [0.3, 0.4) is 0 Å². The van der Waals surface area contributed by atoms with Crippen molar-refractivity contribution in [1.29, 1.82) is 0 Å². The van der Waals surface area contributed by atoms with E-state index in [-0.39, 0.29) is 24.4 Å². The van der Waals surface area contributed by atoms with E-state index in [0.29, 0.717) is 12.0 Å². The number of carboxylic acid groups (broad SMARTS) is 1. The van der Waals surface area contributed by atoms with Crippen molar-refractivity contribution in [3.63, 3.8) is 0 Å². The molecule has 130 valence electrons. The molecule has 0 heterocycles. The molecule has 0 saturated heterocycles. The first-order valence-corrected chi connectivity index (χ1v) is 9.34. The fraction of sp³-hybridized carbons (Fsp3) is 0.889. The first-order valence-electron chi connectivity index (χ1n) is 9.34. The number of nitrogens with one attached hydrogen (secondary N) is 1. The highest BCUT2D eigenvalue weighted by molar-refractivity contribution is 5.82. The molecule has 5 nitrogen and oxygen atoms in total. The van der Waals surface area contributed by atoms with E-state index < -0.39 is 5.97 Å². The maximum atomic E-state index is 12.4. The lowest BCUT2D eigenvalue weighted by atomic mass is 9.84. The van der Waals surface area contributed by atoms with E-state index >= 15 is 0 Å². The molecule has 0 spiro atoms. The Hall–Kier alpha value is -1.10. The van der Waals surface area contributed by atoms with Gasteiger partial charge in [-0.1, -0.05) is 39.0 Å². The summed E-state index contributed by atoms with van der Waals surface area (Å²) in [6.45, 7) is 2.85. The fourth-order valence-electron chi connectivity index (χ4n) is 4.58. The number of hydrogen-bond acceptors (Lipinski definition) is 3. The Labute approximate surface area is 138 Å². The van der Waals surface area contributed by atoms with Crippen LogP contribution in [0.15, 0.2) is 0 Å². The van der Waals surface area contributed by atoms with Gasteiger partial charge in [-0.2, -0.15) is 0 Å². The maximum Gasteiger partial charge on any atom is 0.317 e. The van der Waals surface area contributed by atoms with Gasteiger partial charge in [0.15, 0.2) is 0 Å². The standard InChI is InChI=1S/C18H30N2O3/c1-2-20(11-17(21)22)14-8-13(9-14)19-18(23)16-10-15(16)12-6-4-3-5-7-12/h12-16H,2-11H2,1H3,(H,19,23)(H,21,22). The molecule has 2 unspecified atom stereocenters. The van der Waals surface area contributed by atoms with Gasteiger partial charge in [0, 0.05) is 18.0 Å². The third-order valence-electron chi connectivity index (χ3n) is 6.15. The van der Waals surface area contributed by atoms with Crippen molar-refractivity contribution in [2.75, 3.05) is 13.1 Å². The zero-order chi connectivity index (χ0) is 16.4. The summed E-state index contributed by atoms with van der Waals surface area (Å²) in [4.78, 5) is 25.2. The number of carbonyl (C=O) groups excluding carboxylic acids is 1. The smallest absolute Gasteiger partial charge is 0.317 e. The Morgan fingerprint density at radius 1 is 1.13 bits per heavy atom. The number of rotatable bonds is 7.